The summed E-state index contributed by atoms with van der Waals surface area (Å²) in [5.74, 6) is -1.06. The zero-order valence-electron chi connectivity index (χ0n) is 17.8. The Balaban J connectivity index is 1.77. The molecule has 2 aromatic carbocycles. The molecule has 0 fully saturated rings. The molecule has 6 nitrogen and oxygen atoms in total. The number of nitrogens with one attached hydrogen (secondary N) is 1. The van der Waals surface area contributed by atoms with Gasteiger partial charge in [0.15, 0.2) is 0 Å². The molecule has 0 saturated carbocycles. The number of carbonyl (C=O) groups is 2. The molecule has 32 heavy (non-hydrogen) atoms. The van der Waals surface area contributed by atoms with Gasteiger partial charge in [0.25, 0.3) is 5.91 Å². The van der Waals surface area contributed by atoms with Crippen molar-refractivity contribution >= 4 is 23.6 Å². The van der Waals surface area contributed by atoms with Gasteiger partial charge in [0.1, 0.15) is 11.9 Å². The van der Waals surface area contributed by atoms with E-state index in [-0.39, 0.29) is 11.7 Å². The van der Waals surface area contributed by atoms with Crippen LogP contribution in [0, 0.1) is 5.82 Å². The molecular formula is C24H26FN3O3S. The third kappa shape index (κ3) is 6.68. The Kier molecular flexibility index (Phi) is 8.44. The summed E-state index contributed by atoms with van der Waals surface area (Å²) in [5.41, 5.74) is 2.33. The molecule has 1 heterocycles. The minimum atomic E-state index is -1.04. The number of hydrogen-bond acceptors (Lipinski definition) is 4. The van der Waals surface area contributed by atoms with Crippen molar-refractivity contribution in [3.8, 4) is 0 Å². The number of hydrogen-bond donors (Lipinski definition) is 2. The summed E-state index contributed by atoms with van der Waals surface area (Å²) in [6.45, 7) is 0.651. The van der Waals surface area contributed by atoms with Crippen molar-refractivity contribution in [2.45, 2.75) is 31.3 Å². The third-order valence-corrected chi connectivity index (χ3v) is 5.86. The molecular weight excluding hydrogens is 429 g/mol. The summed E-state index contributed by atoms with van der Waals surface area (Å²) in [7, 11) is 0. The van der Waals surface area contributed by atoms with Gasteiger partial charge in [0.05, 0.1) is 6.33 Å². The molecule has 0 saturated heterocycles. The van der Waals surface area contributed by atoms with E-state index < -0.39 is 17.9 Å². The van der Waals surface area contributed by atoms with Gasteiger partial charge in [0.2, 0.25) is 0 Å². The first kappa shape index (κ1) is 23.5. The van der Waals surface area contributed by atoms with Crippen molar-refractivity contribution in [3.05, 3.63) is 89.8 Å². The number of carboxylic acids is 1. The van der Waals surface area contributed by atoms with E-state index in [0.29, 0.717) is 30.7 Å². The fourth-order valence-electron chi connectivity index (χ4n) is 3.53. The van der Waals surface area contributed by atoms with Gasteiger partial charge < -0.3 is 15.0 Å². The first-order chi connectivity index (χ1) is 15.5. The second-order valence-corrected chi connectivity index (χ2v) is 8.54. The van der Waals surface area contributed by atoms with E-state index in [1.807, 2.05) is 23.1 Å². The molecule has 0 aliphatic heterocycles. The smallest absolute Gasteiger partial charge is 0.326 e. The lowest BCUT2D eigenvalue weighted by Crippen LogP contribution is -2.41. The van der Waals surface area contributed by atoms with Crippen LogP contribution in [0.4, 0.5) is 4.39 Å². The van der Waals surface area contributed by atoms with E-state index >= 15 is 0 Å². The summed E-state index contributed by atoms with van der Waals surface area (Å²) in [6.07, 6.45) is 8.20. The molecule has 2 N–H and O–H groups in total. The molecule has 2 atom stereocenters. The van der Waals surface area contributed by atoms with Gasteiger partial charge in [0, 0.05) is 30.4 Å². The molecule has 0 aliphatic carbocycles. The Morgan fingerprint density at radius 2 is 2.00 bits per heavy atom. The van der Waals surface area contributed by atoms with Crippen LogP contribution in [-0.2, 0) is 17.8 Å². The average molecular weight is 456 g/mol. The minimum absolute atomic E-state index is 0.0384. The van der Waals surface area contributed by atoms with Crippen molar-refractivity contribution < 1.29 is 19.1 Å². The van der Waals surface area contributed by atoms with Gasteiger partial charge in [-0.05, 0) is 60.2 Å². The zero-order chi connectivity index (χ0) is 22.9. The van der Waals surface area contributed by atoms with Crippen LogP contribution in [0.25, 0.3) is 0 Å². The second kappa shape index (κ2) is 11.5. The van der Waals surface area contributed by atoms with E-state index in [4.69, 9.17) is 0 Å². The maximum absolute atomic E-state index is 13.4. The Bertz CT molecular complexity index is 1030. The Labute approximate surface area is 190 Å². The number of aromatic nitrogens is 2. The highest BCUT2D eigenvalue weighted by atomic mass is 32.2. The number of amides is 1. The molecule has 1 amide bonds. The van der Waals surface area contributed by atoms with Gasteiger partial charge in [-0.15, -0.1) is 0 Å². The van der Waals surface area contributed by atoms with Crippen LogP contribution in [0.1, 0.15) is 33.8 Å². The number of nitrogens with zero attached hydrogens (tertiary/aromatic N) is 2. The lowest BCUT2D eigenvalue weighted by molar-refractivity contribution is -0.139. The van der Waals surface area contributed by atoms with Crippen molar-refractivity contribution in [1.29, 1.82) is 0 Å². The summed E-state index contributed by atoms with van der Waals surface area (Å²) in [6, 6.07) is 12.7. The molecule has 3 rings (SSSR count). The molecule has 1 aromatic heterocycles. The number of rotatable bonds is 11. The zero-order valence-corrected chi connectivity index (χ0v) is 18.6. The number of benzene rings is 2. The van der Waals surface area contributed by atoms with Crippen LogP contribution < -0.4 is 5.32 Å². The molecule has 1 unspecified atom stereocenters. The highest BCUT2D eigenvalue weighted by Crippen LogP contribution is 2.24. The van der Waals surface area contributed by atoms with Crippen molar-refractivity contribution in [3.63, 3.8) is 0 Å². The highest BCUT2D eigenvalue weighted by molar-refractivity contribution is 7.98. The average Bonchev–Trinajstić information content (AvgIpc) is 3.30. The van der Waals surface area contributed by atoms with Crippen LogP contribution in [-0.4, -0.2) is 44.6 Å². The number of imidazole rings is 1. The normalized spacial score (nSPS) is 12.8. The van der Waals surface area contributed by atoms with E-state index in [2.05, 4.69) is 10.3 Å². The summed E-state index contributed by atoms with van der Waals surface area (Å²) < 4.78 is 15.4. The quantitative estimate of drug-likeness (QED) is 0.457. The lowest BCUT2D eigenvalue weighted by Gasteiger charge is -2.19. The predicted molar refractivity (Wildman–Crippen MR) is 123 cm³/mol. The fourth-order valence-corrected chi connectivity index (χ4v) is 4.00. The minimum Gasteiger partial charge on any atom is -0.480 e. The van der Waals surface area contributed by atoms with Gasteiger partial charge in [-0.3, -0.25) is 4.79 Å². The number of aliphatic carboxylic acids is 1. The van der Waals surface area contributed by atoms with Gasteiger partial charge in [-0.2, -0.15) is 11.8 Å². The van der Waals surface area contributed by atoms with Crippen molar-refractivity contribution in [2.24, 2.45) is 0 Å². The summed E-state index contributed by atoms with van der Waals surface area (Å²) >= 11 is 1.54. The van der Waals surface area contributed by atoms with Crippen molar-refractivity contribution in [1.82, 2.24) is 14.9 Å². The van der Waals surface area contributed by atoms with Crippen LogP contribution in [0.15, 0.2) is 67.3 Å². The maximum Gasteiger partial charge on any atom is 0.326 e. The highest BCUT2D eigenvalue weighted by Gasteiger charge is 2.21. The molecule has 0 aliphatic rings. The number of thioether (sulfide) groups is 1. The van der Waals surface area contributed by atoms with E-state index in [1.165, 1.54) is 23.9 Å². The Hall–Kier alpha value is -3.13. The molecule has 8 heteroatoms. The van der Waals surface area contributed by atoms with Crippen LogP contribution in [0.3, 0.4) is 0 Å². The molecule has 0 spiro atoms. The van der Waals surface area contributed by atoms with Crippen molar-refractivity contribution in [2.75, 3.05) is 12.0 Å². The Morgan fingerprint density at radius 1 is 1.22 bits per heavy atom. The van der Waals surface area contributed by atoms with E-state index in [0.717, 1.165) is 11.1 Å². The topological polar surface area (TPSA) is 84.2 Å². The molecule has 168 valence electrons. The molecule has 3 aromatic rings. The Morgan fingerprint density at radius 3 is 2.66 bits per heavy atom. The maximum atomic E-state index is 13.4. The van der Waals surface area contributed by atoms with Crippen LogP contribution in [0.5, 0.6) is 0 Å². The first-order valence-corrected chi connectivity index (χ1v) is 11.7. The molecule has 0 bridgehead atoms. The predicted octanol–water partition coefficient (Wildman–Crippen LogP) is 3.98. The van der Waals surface area contributed by atoms with Gasteiger partial charge >= 0.3 is 5.97 Å². The second-order valence-electron chi connectivity index (χ2n) is 7.56. The third-order valence-electron chi connectivity index (χ3n) is 5.22. The number of carboxylic acid groups (broad SMARTS) is 1. The standard InChI is InChI=1S/C24H26FN3O3S/c1-32-12-9-22(24(30)31)27-23(29)19-4-2-3-17(13-19)14-20(15-28-11-10-26-16-28)18-5-7-21(25)8-6-18/h2-8,10-11,13,16,20,22H,9,12,14-15H2,1H3,(H,27,29)(H,30,31)/t20?,22-/m0/s1. The van der Waals surface area contributed by atoms with Crippen LogP contribution >= 0.6 is 11.8 Å². The summed E-state index contributed by atoms with van der Waals surface area (Å²) in [4.78, 5) is 28.2. The largest absolute Gasteiger partial charge is 0.480 e. The first-order valence-electron chi connectivity index (χ1n) is 10.3. The van der Waals surface area contributed by atoms with Crippen LogP contribution in [0.2, 0.25) is 0 Å². The monoisotopic (exact) mass is 455 g/mol. The number of halogens is 1. The molecule has 0 radical (unpaired) electrons. The van der Waals surface area contributed by atoms with Gasteiger partial charge in [-0.25, -0.2) is 14.2 Å². The fraction of sp³-hybridized carbons (Fsp3) is 0.292. The summed E-state index contributed by atoms with van der Waals surface area (Å²) in [5, 5.41) is 12.0. The van der Waals surface area contributed by atoms with E-state index in [9.17, 15) is 19.1 Å². The number of carbonyl (C=O) groups excluding carboxylic acids is 1. The lowest BCUT2D eigenvalue weighted by atomic mass is 9.91. The van der Waals surface area contributed by atoms with E-state index in [1.54, 1.807) is 42.9 Å². The van der Waals surface area contributed by atoms with Gasteiger partial charge in [-0.1, -0.05) is 24.3 Å². The SMILES string of the molecule is CSCC[C@H](NC(=O)c1cccc(CC(Cn2ccnc2)c2ccc(F)cc2)c1)C(=O)O.